The summed E-state index contributed by atoms with van der Waals surface area (Å²) in [5.74, 6) is 0.823. The molecule has 0 unspecified atom stereocenters. The molecule has 0 radical (unpaired) electrons. The van der Waals surface area contributed by atoms with E-state index in [1.807, 2.05) is 0 Å². The van der Waals surface area contributed by atoms with Gasteiger partial charge in [-0.25, -0.2) is 4.98 Å². The molecular formula is C20H18N4O3S. The zero-order chi connectivity index (χ0) is 19.5. The predicted molar refractivity (Wildman–Crippen MR) is 104 cm³/mol. The number of benzene rings is 1. The Morgan fingerprint density at radius 3 is 3.11 bits per heavy atom. The lowest BCUT2D eigenvalue weighted by atomic mass is 10.2. The quantitative estimate of drug-likeness (QED) is 0.713. The Morgan fingerprint density at radius 1 is 1.39 bits per heavy atom. The van der Waals surface area contributed by atoms with Crippen molar-refractivity contribution in [2.75, 3.05) is 18.9 Å². The predicted octanol–water partition coefficient (Wildman–Crippen LogP) is 3.43. The number of carbonyl (C=O) groups is 1. The van der Waals surface area contributed by atoms with Crippen molar-refractivity contribution in [1.29, 1.82) is 5.26 Å². The Balaban J connectivity index is 1.39. The van der Waals surface area contributed by atoms with Crippen LogP contribution in [0.5, 0.6) is 5.75 Å². The number of para-hydroxylation sites is 1. The topological polar surface area (TPSA) is 91.4 Å². The van der Waals surface area contributed by atoms with Crippen molar-refractivity contribution in [3.8, 4) is 11.8 Å². The number of anilines is 1. The van der Waals surface area contributed by atoms with Gasteiger partial charge in [0, 0.05) is 24.4 Å². The number of amides is 1. The summed E-state index contributed by atoms with van der Waals surface area (Å²) in [6.45, 7) is 1.96. The molecule has 0 bridgehead atoms. The highest BCUT2D eigenvalue weighted by Gasteiger charge is 2.20. The number of carbonyl (C=O) groups excluding carboxylic acids is 1. The van der Waals surface area contributed by atoms with E-state index in [0.717, 1.165) is 25.2 Å². The molecule has 1 aliphatic rings. The second-order valence-corrected chi connectivity index (χ2v) is 7.58. The summed E-state index contributed by atoms with van der Waals surface area (Å²) in [5.41, 5.74) is 1.51. The highest BCUT2D eigenvalue weighted by Crippen LogP contribution is 2.28. The van der Waals surface area contributed by atoms with Gasteiger partial charge in [-0.2, -0.15) is 5.26 Å². The third-order valence-corrected chi connectivity index (χ3v) is 5.40. The second-order valence-electron chi connectivity index (χ2n) is 6.49. The van der Waals surface area contributed by atoms with Crippen LogP contribution in [0.3, 0.4) is 0 Å². The van der Waals surface area contributed by atoms with Crippen LogP contribution in [-0.4, -0.2) is 29.4 Å². The molecule has 1 aliphatic heterocycles. The zero-order valence-corrected chi connectivity index (χ0v) is 16.1. The summed E-state index contributed by atoms with van der Waals surface area (Å²) in [4.78, 5) is 20.4. The molecule has 0 aliphatic carbocycles. The highest BCUT2D eigenvalue weighted by atomic mass is 32.1. The third-order valence-electron chi connectivity index (χ3n) is 4.41. The molecule has 1 aromatic carbocycles. The van der Waals surface area contributed by atoms with E-state index in [0.29, 0.717) is 22.2 Å². The molecule has 28 heavy (non-hydrogen) atoms. The van der Waals surface area contributed by atoms with Crippen LogP contribution in [-0.2, 0) is 19.6 Å². The summed E-state index contributed by atoms with van der Waals surface area (Å²) in [6.07, 6.45) is 0.893. The van der Waals surface area contributed by atoms with Gasteiger partial charge in [-0.1, -0.05) is 12.1 Å². The molecule has 7 nitrogen and oxygen atoms in total. The molecule has 0 fully saturated rings. The van der Waals surface area contributed by atoms with Crippen molar-refractivity contribution in [3.05, 3.63) is 64.1 Å². The van der Waals surface area contributed by atoms with Gasteiger partial charge in [-0.05, 0) is 31.3 Å². The van der Waals surface area contributed by atoms with Gasteiger partial charge in [0.2, 0.25) is 0 Å². The van der Waals surface area contributed by atoms with E-state index < -0.39 is 0 Å². The molecule has 0 saturated carbocycles. The number of furan rings is 1. The monoisotopic (exact) mass is 394 g/mol. The average Bonchev–Trinajstić information content (AvgIpc) is 3.32. The van der Waals surface area contributed by atoms with Crippen molar-refractivity contribution in [3.63, 3.8) is 0 Å². The minimum Gasteiger partial charge on any atom is -0.484 e. The average molecular weight is 394 g/mol. The highest BCUT2D eigenvalue weighted by molar-refractivity contribution is 7.15. The molecule has 0 atom stereocenters. The standard InChI is InChI=1S/C20H18N4O3S/c1-24-9-8-15-18(11-24)28-20(22-15)23-19(25)17-7-6-14(27-17)12-26-16-5-3-2-4-13(16)10-21/h2-7H,8-9,11-12H2,1H3,(H,22,23,25). The molecular weight excluding hydrogens is 376 g/mol. The van der Waals surface area contributed by atoms with E-state index in [1.165, 1.54) is 16.2 Å². The first kappa shape index (κ1) is 18.2. The van der Waals surface area contributed by atoms with Crippen molar-refractivity contribution >= 4 is 22.4 Å². The fraction of sp³-hybridized carbons (Fsp3) is 0.250. The first-order valence-electron chi connectivity index (χ1n) is 8.81. The maximum atomic E-state index is 12.4. The van der Waals surface area contributed by atoms with Gasteiger partial charge in [-0.15, -0.1) is 11.3 Å². The van der Waals surface area contributed by atoms with Gasteiger partial charge in [0.05, 0.1) is 11.3 Å². The number of nitriles is 1. The Morgan fingerprint density at radius 2 is 2.25 bits per heavy atom. The lowest BCUT2D eigenvalue weighted by Gasteiger charge is -2.20. The van der Waals surface area contributed by atoms with Crippen LogP contribution in [0.15, 0.2) is 40.8 Å². The van der Waals surface area contributed by atoms with Gasteiger partial charge in [0.1, 0.15) is 24.2 Å². The maximum absolute atomic E-state index is 12.4. The van der Waals surface area contributed by atoms with E-state index in [2.05, 4.69) is 28.3 Å². The van der Waals surface area contributed by atoms with Crippen molar-refractivity contribution in [2.24, 2.45) is 0 Å². The Labute approximate surface area is 166 Å². The molecule has 3 aromatic rings. The Kier molecular flexibility index (Phi) is 5.10. The fourth-order valence-electron chi connectivity index (χ4n) is 2.95. The van der Waals surface area contributed by atoms with Crippen LogP contribution in [0, 0.1) is 11.3 Å². The van der Waals surface area contributed by atoms with Crippen LogP contribution in [0.25, 0.3) is 0 Å². The number of fused-ring (bicyclic) bond motifs is 1. The Hall–Kier alpha value is -3.15. The number of thiazole rings is 1. The molecule has 3 heterocycles. The fourth-order valence-corrected chi connectivity index (χ4v) is 4.03. The van der Waals surface area contributed by atoms with Crippen LogP contribution >= 0.6 is 11.3 Å². The molecule has 1 N–H and O–H groups in total. The minimum absolute atomic E-state index is 0.129. The van der Waals surface area contributed by atoms with E-state index in [9.17, 15) is 4.79 Å². The largest absolute Gasteiger partial charge is 0.484 e. The SMILES string of the molecule is CN1CCc2nc(NC(=O)c3ccc(COc4ccccc4C#N)o3)sc2C1. The zero-order valence-electron chi connectivity index (χ0n) is 15.3. The van der Waals surface area contributed by atoms with E-state index in [1.54, 1.807) is 36.4 Å². The van der Waals surface area contributed by atoms with Gasteiger partial charge < -0.3 is 14.1 Å². The normalized spacial score (nSPS) is 13.6. The van der Waals surface area contributed by atoms with Crippen LogP contribution < -0.4 is 10.1 Å². The molecule has 2 aromatic heterocycles. The molecule has 8 heteroatoms. The Bertz CT molecular complexity index is 1050. The van der Waals surface area contributed by atoms with Crippen molar-refractivity contribution < 1.29 is 13.9 Å². The minimum atomic E-state index is -0.344. The number of nitrogens with one attached hydrogen (secondary N) is 1. The van der Waals surface area contributed by atoms with Crippen LogP contribution in [0.4, 0.5) is 5.13 Å². The molecule has 0 spiro atoms. The summed E-state index contributed by atoms with van der Waals surface area (Å²) in [6, 6.07) is 12.3. The number of nitrogens with zero attached hydrogens (tertiary/aromatic N) is 3. The number of hydrogen-bond acceptors (Lipinski definition) is 7. The van der Waals surface area contributed by atoms with Crippen LogP contribution in [0.1, 0.15) is 32.4 Å². The first-order chi connectivity index (χ1) is 13.6. The first-order valence-corrected chi connectivity index (χ1v) is 9.63. The molecule has 4 rings (SSSR count). The molecule has 0 saturated heterocycles. The van der Waals surface area contributed by atoms with Crippen molar-refractivity contribution in [1.82, 2.24) is 9.88 Å². The van der Waals surface area contributed by atoms with Gasteiger partial charge >= 0.3 is 0 Å². The lowest BCUT2D eigenvalue weighted by molar-refractivity contribution is 0.0992. The summed E-state index contributed by atoms with van der Waals surface area (Å²) < 4.78 is 11.2. The van der Waals surface area contributed by atoms with E-state index in [-0.39, 0.29) is 18.3 Å². The summed E-state index contributed by atoms with van der Waals surface area (Å²) >= 11 is 1.50. The summed E-state index contributed by atoms with van der Waals surface area (Å²) in [7, 11) is 2.07. The smallest absolute Gasteiger partial charge is 0.293 e. The van der Waals surface area contributed by atoms with Crippen molar-refractivity contribution in [2.45, 2.75) is 19.6 Å². The second kappa shape index (κ2) is 7.84. The van der Waals surface area contributed by atoms with Gasteiger partial charge in [-0.3, -0.25) is 10.1 Å². The molecule has 1 amide bonds. The van der Waals surface area contributed by atoms with Gasteiger partial charge in [0.15, 0.2) is 10.9 Å². The summed E-state index contributed by atoms with van der Waals surface area (Å²) in [5, 5.41) is 12.5. The number of rotatable bonds is 5. The third kappa shape index (κ3) is 3.91. The van der Waals surface area contributed by atoms with E-state index in [4.69, 9.17) is 14.4 Å². The maximum Gasteiger partial charge on any atom is 0.293 e. The molecule has 142 valence electrons. The van der Waals surface area contributed by atoms with E-state index >= 15 is 0 Å². The number of hydrogen-bond donors (Lipinski definition) is 1. The number of likely N-dealkylation sites (N-methyl/N-ethyl adjacent to an activating group) is 1. The lowest BCUT2D eigenvalue weighted by Crippen LogP contribution is -2.25. The van der Waals surface area contributed by atoms with Gasteiger partial charge in [0.25, 0.3) is 5.91 Å². The number of ether oxygens (including phenoxy) is 1. The number of aromatic nitrogens is 1. The van der Waals surface area contributed by atoms with Crippen LogP contribution in [0.2, 0.25) is 0 Å².